The van der Waals surface area contributed by atoms with Crippen molar-refractivity contribution in [3.05, 3.63) is 59.6 Å². The van der Waals surface area contributed by atoms with Crippen molar-refractivity contribution in [3.8, 4) is 0 Å². The van der Waals surface area contributed by atoms with Crippen LogP contribution in [0.1, 0.15) is 23.8 Å². The zero-order valence-corrected chi connectivity index (χ0v) is 19.2. The number of nitrogens with one attached hydrogen (secondary N) is 1. The van der Waals surface area contributed by atoms with E-state index in [9.17, 15) is 4.79 Å². The highest BCUT2D eigenvalue weighted by Crippen LogP contribution is 2.33. The summed E-state index contributed by atoms with van der Waals surface area (Å²) in [5.41, 5.74) is 2.03. The van der Waals surface area contributed by atoms with Gasteiger partial charge in [0.1, 0.15) is 0 Å². The maximum absolute atomic E-state index is 12.8. The van der Waals surface area contributed by atoms with Gasteiger partial charge >= 0.3 is 0 Å². The molecule has 0 aliphatic carbocycles. The van der Waals surface area contributed by atoms with E-state index in [1.165, 1.54) is 27.8 Å². The Morgan fingerprint density at radius 3 is 2.81 bits per heavy atom. The molecule has 3 heterocycles. The van der Waals surface area contributed by atoms with E-state index in [1.807, 2.05) is 47.4 Å². The van der Waals surface area contributed by atoms with Crippen LogP contribution in [0.15, 0.2) is 58.9 Å². The van der Waals surface area contributed by atoms with Gasteiger partial charge in [0.25, 0.3) is 0 Å². The van der Waals surface area contributed by atoms with Gasteiger partial charge in [-0.1, -0.05) is 53.4 Å². The molecule has 6 nitrogen and oxygen atoms in total. The van der Waals surface area contributed by atoms with E-state index in [2.05, 4.69) is 27.6 Å². The molecule has 2 aromatic heterocycles. The molecule has 2 aromatic carbocycles. The van der Waals surface area contributed by atoms with Crippen molar-refractivity contribution in [2.45, 2.75) is 23.1 Å². The minimum Gasteiger partial charge on any atom is -0.341 e. The number of benzene rings is 2. The van der Waals surface area contributed by atoms with E-state index in [-0.39, 0.29) is 5.91 Å². The number of hydrogen-bond donors (Lipinski definition) is 1. The lowest BCUT2D eigenvalue weighted by molar-refractivity contribution is -0.129. The predicted molar refractivity (Wildman–Crippen MR) is 129 cm³/mol. The van der Waals surface area contributed by atoms with Crippen LogP contribution in [0.5, 0.6) is 0 Å². The number of fused-ring (bicyclic) bond motifs is 1. The fraction of sp³-hybridized carbons (Fsp3) is 0.273. The topological polar surface area (TPSA) is 71.0 Å². The van der Waals surface area contributed by atoms with Gasteiger partial charge in [0.2, 0.25) is 11.0 Å². The van der Waals surface area contributed by atoms with Crippen LogP contribution in [0.25, 0.3) is 10.2 Å². The van der Waals surface area contributed by atoms with Gasteiger partial charge in [-0.2, -0.15) is 0 Å². The number of carbonyl (C=O) groups is 1. The molecule has 1 atom stereocenters. The van der Waals surface area contributed by atoms with Gasteiger partial charge in [0, 0.05) is 24.7 Å². The Balaban J connectivity index is 1.17. The zero-order chi connectivity index (χ0) is 21.0. The quantitative estimate of drug-likeness (QED) is 0.383. The molecular formula is C22H21N5OS3. The minimum atomic E-state index is 0.156. The average Bonchev–Trinajstić information content (AvgIpc) is 3.45. The molecule has 1 amide bonds. The molecule has 0 saturated carbocycles. The number of aromatic nitrogens is 3. The summed E-state index contributed by atoms with van der Waals surface area (Å²) >= 11 is 4.68. The van der Waals surface area contributed by atoms with Gasteiger partial charge in [-0.25, -0.2) is 4.98 Å². The maximum atomic E-state index is 12.8. The Bertz CT molecular complexity index is 1140. The summed E-state index contributed by atoms with van der Waals surface area (Å²) < 4.78 is 2.01. The molecule has 1 saturated heterocycles. The van der Waals surface area contributed by atoms with Crippen LogP contribution in [-0.2, 0) is 4.79 Å². The SMILES string of the molecule is O=C(CSc1nnc(Nc2ccccc2)s1)N1CCCC(c2nc3ccccc3s2)C1. The van der Waals surface area contributed by atoms with Gasteiger partial charge in [-0.05, 0) is 37.1 Å². The van der Waals surface area contributed by atoms with Crippen LogP contribution in [0.3, 0.4) is 0 Å². The van der Waals surface area contributed by atoms with Crippen LogP contribution < -0.4 is 5.32 Å². The monoisotopic (exact) mass is 467 g/mol. The smallest absolute Gasteiger partial charge is 0.233 e. The first kappa shape index (κ1) is 20.4. The summed E-state index contributed by atoms with van der Waals surface area (Å²) in [6.45, 7) is 1.56. The first-order chi connectivity index (χ1) is 15.2. The van der Waals surface area contributed by atoms with E-state index >= 15 is 0 Å². The van der Waals surface area contributed by atoms with E-state index in [0.717, 1.165) is 51.6 Å². The van der Waals surface area contributed by atoms with Gasteiger partial charge in [-0.3, -0.25) is 4.79 Å². The number of likely N-dealkylation sites (tertiary alicyclic amines) is 1. The third kappa shape index (κ3) is 4.89. The minimum absolute atomic E-state index is 0.156. The lowest BCUT2D eigenvalue weighted by atomic mass is 9.99. The van der Waals surface area contributed by atoms with Crippen molar-refractivity contribution in [2.75, 3.05) is 24.2 Å². The Kier molecular flexibility index (Phi) is 6.15. The van der Waals surface area contributed by atoms with Gasteiger partial charge in [-0.15, -0.1) is 21.5 Å². The second-order valence-corrected chi connectivity index (χ2v) is 10.6. The molecule has 1 N–H and O–H groups in total. The van der Waals surface area contributed by atoms with Gasteiger partial charge in [0.15, 0.2) is 4.34 Å². The fourth-order valence-corrected chi connectivity index (χ4v) is 6.42. The molecule has 9 heteroatoms. The lowest BCUT2D eigenvalue weighted by Crippen LogP contribution is -2.40. The summed E-state index contributed by atoms with van der Waals surface area (Å²) in [5, 5.41) is 13.5. The average molecular weight is 468 g/mol. The summed E-state index contributed by atoms with van der Waals surface area (Å²) in [6, 6.07) is 18.1. The number of hydrogen-bond acceptors (Lipinski definition) is 8. The van der Waals surface area contributed by atoms with Crippen molar-refractivity contribution >= 4 is 61.4 Å². The molecule has 0 radical (unpaired) electrons. The second-order valence-electron chi connectivity index (χ2n) is 7.35. The van der Waals surface area contributed by atoms with Crippen LogP contribution in [0.2, 0.25) is 0 Å². The van der Waals surface area contributed by atoms with E-state index in [1.54, 1.807) is 11.3 Å². The van der Waals surface area contributed by atoms with Gasteiger partial charge < -0.3 is 10.2 Å². The van der Waals surface area contributed by atoms with Crippen LogP contribution >= 0.6 is 34.4 Å². The van der Waals surface area contributed by atoms with Crippen LogP contribution in [0, 0.1) is 0 Å². The zero-order valence-electron chi connectivity index (χ0n) is 16.7. The van der Waals surface area contributed by atoms with Crippen molar-refractivity contribution in [1.82, 2.24) is 20.1 Å². The molecule has 1 aliphatic heterocycles. The Hall–Kier alpha value is -2.49. The van der Waals surface area contributed by atoms with Crippen LogP contribution in [0.4, 0.5) is 10.8 Å². The second kappa shape index (κ2) is 9.33. The summed E-state index contributed by atoms with van der Waals surface area (Å²) in [4.78, 5) is 19.6. The van der Waals surface area contributed by atoms with Crippen molar-refractivity contribution < 1.29 is 4.79 Å². The van der Waals surface area contributed by atoms with Crippen molar-refractivity contribution in [2.24, 2.45) is 0 Å². The highest BCUT2D eigenvalue weighted by molar-refractivity contribution is 8.01. The number of carbonyl (C=O) groups excluding carboxylic acids is 1. The van der Waals surface area contributed by atoms with E-state index in [4.69, 9.17) is 4.98 Å². The molecule has 1 fully saturated rings. The predicted octanol–water partition coefficient (Wildman–Crippen LogP) is 5.39. The van der Waals surface area contributed by atoms with Crippen molar-refractivity contribution in [1.29, 1.82) is 0 Å². The number of thiazole rings is 1. The largest absolute Gasteiger partial charge is 0.341 e. The molecule has 1 aliphatic rings. The molecule has 158 valence electrons. The maximum Gasteiger partial charge on any atom is 0.233 e. The highest BCUT2D eigenvalue weighted by Gasteiger charge is 2.27. The Labute approximate surface area is 192 Å². The highest BCUT2D eigenvalue weighted by atomic mass is 32.2. The molecule has 4 aromatic rings. The van der Waals surface area contributed by atoms with E-state index < -0.39 is 0 Å². The number of thioether (sulfide) groups is 1. The molecule has 5 rings (SSSR count). The molecule has 0 spiro atoms. The van der Waals surface area contributed by atoms with Crippen molar-refractivity contribution in [3.63, 3.8) is 0 Å². The number of amides is 1. The molecule has 1 unspecified atom stereocenters. The number of para-hydroxylation sites is 2. The summed E-state index contributed by atoms with van der Waals surface area (Å²) in [5.74, 6) is 0.860. The molecule has 0 bridgehead atoms. The van der Waals surface area contributed by atoms with Gasteiger partial charge in [0.05, 0.1) is 21.0 Å². The number of piperidine rings is 1. The lowest BCUT2D eigenvalue weighted by Gasteiger charge is -2.31. The normalized spacial score (nSPS) is 16.5. The summed E-state index contributed by atoms with van der Waals surface area (Å²) in [6.07, 6.45) is 2.10. The number of anilines is 2. The first-order valence-electron chi connectivity index (χ1n) is 10.2. The number of rotatable bonds is 6. The molecular weight excluding hydrogens is 446 g/mol. The first-order valence-corrected chi connectivity index (χ1v) is 12.8. The van der Waals surface area contributed by atoms with E-state index in [0.29, 0.717) is 11.7 Å². The third-order valence-electron chi connectivity index (χ3n) is 5.18. The summed E-state index contributed by atoms with van der Waals surface area (Å²) in [7, 11) is 0. The fourth-order valence-electron chi connectivity index (χ4n) is 3.65. The number of nitrogens with zero attached hydrogens (tertiary/aromatic N) is 4. The van der Waals surface area contributed by atoms with Crippen LogP contribution in [-0.4, -0.2) is 44.8 Å². The molecule has 31 heavy (non-hydrogen) atoms. The standard InChI is InChI=1S/C22H21N5OS3/c28-19(14-29-22-26-25-21(31-22)23-16-8-2-1-3-9-16)27-12-6-7-15(13-27)20-24-17-10-4-5-11-18(17)30-20/h1-5,8-11,15H,6-7,12-14H2,(H,23,25). The third-order valence-corrected chi connectivity index (χ3v) is 8.34. The Morgan fingerprint density at radius 1 is 1.10 bits per heavy atom. The Morgan fingerprint density at radius 2 is 1.94 bits per heavy atom.